The molecule has 0 aromatic heterocycles. The van der Waals surface area contributed by atoms with Crippen molar-refractivity contribution in [2.45, 2.75) is 13.3 Å². The van der Waals surface area contributed by atoms with Crippen LogP contribution < -0.4 is 0 Å². The van der Waals surface area contributed by atoms with Gasteiger partial charge in [0.25, 0.3) is 0 Å². The second-order valence-corrected chi connectivity index (χ2v) is 4.30. The Hall–Kier alpha value is -0.870. The van der Waals surface area contributed by atoms with E-state index in [0.29, 0.717) is 6.42 Å². The molecule has 0 saturated heterocycles. The van der Waals surface area contributed by atoms with Crippen molar-refractivity contribution >= 4 is 38.7 Å². The second kappa shape index (κ2) is 8.30. The zero-order valence-electron chi connectivity index (χ0n) is 9.00. The van der Waals surface area contributed by atoms with Gasteiger partial charge in [-0.05, 0) is 29.3 Å². The zero-order valence-corrected chi connectivity index (χ0v) is 11.3. The third kappa shape index (κ3) is 8.44. The van der Waals surface area contributed by atoms with Crippen LogP contribution >= 0.6 is 27.5 Å². The highest BCUT2D eigenvalue weighted by atomic mass is 79.9. The van der Waals surface area contributed by atoms with Crippen LogP contribution in [0.15, 0.2) is 28.7 Å². The Kier molecular flexibility index (Phi) is 7.85. The number of methoxy groups -OCH3 is 1. The van der Waals surface area contributed by atoms with Gasteiger partial charge in [-0.15, -0.1) is 0 Å². The van der Waals surface area contributed by atoms with Crippen LogP contribution in [0.3, 0.4) is 0 Å². The summed E-state index contributed by atoms with van der Waals surface area (Å²) in [6.45, 7) is 1.29. The summed E-state index contributed by atoms with van der Waals surface area (Å²) in [6.07, 6.45) is 0.337. The van der Waals surface area contributed by atoms with E-state index in [1.54, 1.807) is 0 Å². The van der Waals surface area contributed by atoms with Crippen LogP contribution in [0.5, 0.6) is 0 Å². The van der Waals surface area contributed by atoms with E-state index in [1.807, 2.05) is 24.3 Å². The highest BCUT2D eigenvalue weighted by molar-refractivity contribution is 9.10. The monoisotopic (exact) mass is 306 g/mol. The van der Waals surface area contributed by atoms with E-state index in [4.69, 9.17) is 0 Å². The molecule has 0 amide bonds. The summed E-state index contributed by atoms with van der Waals surface area (Å²) in [5.41, 5.74) is 0.963. The molecule has 3 nitrogen and oxygen atoms in total. The average Bonchev–Trinajstić information content (AvgIpc) is 2.20. The average molecular weight is 308 g/mol. The molecule has 0 N–H and O–H groups in total. The number of carbonyl (C=O) groups is 2. The fourth-order valence-corrected chi connectivity index (χ4v) is 1.11. The number of esters is 1. The van der Waals surface area contributed by atoms with Gasteiger partial charge in [0.1, 0.15) is 0 Å². The van der Waals surface area contributed by atoms with Crippen molar-refractivity contribution in [2.75, 3.05) is 7.11 Å². The molecule has 1 rings (SSSR count). The molecular formula is C11H12BrClO3. The van der Waals surface area contributed by atoms with Crippen molar-refractivity contribution in [1.82, 2.24) is 0 Å². The molecule has 0 radical (unpaired) electrons. The summed E-state index contributed by atoms with van der Waals surface area (Å²) in [5, 5.41) is -0.361. The molecule has 0 fully saturated rings. The van der Waals surface area contributed by atoms with E-state index in [-0.39, 0.29) is 11.2 Å². The lowest BCUT2D eigenvalue weighted by atomic mass is 10.2. The molecule has 5 heteroatoms. The van der Waals surface area contributed by atoms with Gasteiger partial charge in [0.2, 0.25) is 5.24 Å². The first kappa shape index (κ1) is 15.1. The van der Waals surface area contributed by atoms with E-state index in [1.165, 1.54) is 14.0 Å². The van der Waals surface area contributed by atoms with Crippen molar-refractivity contribution in [3.63, 3.8) is 0 Å². The number of hydrogen-bond acceptors (Lipinski definition) is 3. The Bertz CT molecular complexity index is 345. The first-order valence-electron chi connectivity index (χ1n) is 4.43. The van der Waals surface area contributed by atoms with Crippen molar-refractivity contribution in [2.24, 2.45) is 0 Å². The standard InChI is InChI=1S/C9H9BrO2.C2H3ClO/c1-12-9(11)6-7-2-4-8(10)5-3-7;1-2(3)4/h2-5H,6H2,1H3;1H3. The molecule has 0 atom stereocenters. The number of ether oxygens (including phenoxy) is 1. The van der Waals surface area contributed by atoms with Gasteiger partial charge < -0.3 is 4.74 Å². The van der Waals surface area contributed by atoms with Crippen LogP contribution in [0.1, 0.15) is 12.5 Å². The number of benzene rings is 1. The van der Waals surface area contributed by atoms with Crippen LogP contribution in [-0.2, 0) is 20.7 Å². The fraction of sp³-hybridized carbons (Fsp3) is 0.273. The van der Waals surface area contributed by atoms with E-state index in [9.17, 15) is 9.59 Å². The molecule has 0 aliphatic carbocycles. The van der Waals surface area contributed by atoms with Crippen LogP contribution in [0.25, 0.3) is 0 Å². The minimum atomic E-state index is -0.361. The van der Waals surface area contributed by atoms with Crippen LogP contribution in [0, 0.1) is 0 Å². The molecule has 1 aromatic carbocycles. The van der Waals surface area contributed by atoms with Crippen molar-refractivity contribution < 1.29 is 14.3 Å². The highest BCUT2D eigenvalue weighted by Crippen LogP contribution is 2.10. The molecule has 0 spiro atoms. The first-order chi connectivity index (χ1) is 7.45. The maximum atomic E-state index is 10.8. The topological polar surface area (TPSA) is 43.4 Å². The summed E-state index contributed by atoms with van der Waals surface area (Å²) >= 11 is 7.95. The second-order valence-electron chi connectivity index (χ2n) is 2.85. The molecule has 1 aromatic rings. The van der Waals surface area contributed by atoms with Gasteiger partial charge in [-0.25, -0.2) is 0 Å². The van der Waals surface area contributed by atoms with Gasteiger partial charge in [-0.3, -0.25) is 9.59 Å². The number of halogens is 2. The van der Waals surface area contributed by atoms with Gasteiger partial charge >= 0.3 is 5.97 Å². The normalized spacial score (nSPS) is 8.75. The molecule has 16 heavy (non-hydrogen) atoms. The predicted molar refractivity (Wildman–Crippen MR) is 66.4 cm³/mol. The Morgan fingerprint density at radius 2 is 1.75 bits per heavy atom. The maximum Gasteiger partial charge on any atom is 0.309 e. The summed E-state index contributed by atoms with van der Waals surface area (Å²) in [4.78, 5) is 20.0. The lowest BCUT2D eigenvalue weighted by Gasteiger charge is -1.98. The van der Waals surface area contributed by atoms with Crippen LogP contribution in [0.4, 0.5) is 0 Å². The van der Waals surface area contributed by atoms with Gasteiger partial charge in [-0.2, -0.15) is 0 Å². The molecule has 0 bridgehead atoms. The quantitative estimate of drug-likeness (QED) is 0.623. The Labute approximate surface area is 108 Å². The van der Waals surface area contributed by atoms with E-state index in [0.717, 1.165) is 10.0 Å². The predicted octanol–water partition coefficient (Wildman–Crippen LogP) is 2.94. The van der Waals surface area contributed by atoms with Crippen molar-refractivity contribution in [1.29, 1.82) is 0 Å². The Morgan fingerprint density at radius 3 is 2.12 bits per heavy atom. The zero-order chi connectivity index (χ0) is 12.6. The largest absolute Gasteiger partial charge is 0.469 e. The molecule has 0 saturated carbocycles. The maximum absolute atomic E-state index is 10.8. The molecule has 0 unspecified atom stereocenters. The summed E-state index contributed by atoms with van der Waals surface area (Å²) in [6, 6.07) is 7.58. The lowest BCUT2D eigenvalue weighted by molar-refractivity contribution is -0.139. The molecule has 88 valence electrons. The minimum Gasteiger partial charge on any atom is -0.469 e. The van der Waals surface area contributed by atoms with Crippen molar-refractivity contribution in [3.05, 3.63) is 34.3 Å². The molecule has 0 heterocycles. The highest BCUT2D eigenvalue weighted by Gasteiger charge is 2.01. The van der Waals surface area contributed by atoms with Gasteiger partial charge in [0, 0.05) is 11.4 Å². The SMILES string of the molecule is CC(=O)Cl.COC(=O)Cc1ccc(Br)cc1. The summed E-state index contributed by atoms with van der Waals surface area (Å²) in [7, 11) is 1.39. The number of hydrogen-bond donors (Lipinski definition) is 0. The summed E-state index contributed by atoms with van der Waals surface area (Å²) in [5.74, 6) is -0.211. The molecule has 0 aliphatic heterocycles. The molecule has 0 aliphatic rings. The Morgan fingerprint density at radius 1 is 1.31 bits per heavy atom. The van der Waals surface area contributed by atoms with E-state index in [2.05, 4.69) is 32.3 Å². The van der Waals surface area contributed by atoms with E-state index < -0.39 is 0 Å². The van der Waals surface area contributed by atoms with Crippen LogP contribution in [-0.4, -0.2) is 18.3 Å². The number of rotatable bonds is 2. The third-order valence-electron chi connectivity index (χ3n) is 1.49. The third-order valence-corrected chi connectivity index (χ3v) is 2.02. The van der Waals surface area contributed by atoms with Gasteiger partial charge in [0.15, 0.2) is 0 Å². The smallest absolute Gasteiger partial charge is 0.309 e. The minimum absolute atomic E-state index is 0.211. The first-order valence-corrected chi connectivity index (χ1v) is 5.60. The lowest BCUT2D eigenvalue weighted by Crippen LogP contribution is -2.03. The Balaban J connectivity index is 0.000000487. The summed E-state index contributed by atoms with van der Waals surface area (Å²) < 4.78 is 5.54. The van der Waals surface area contributed by atoms with Crippen LogP contribution in [0.2, 0.25) is 0 Å². The molecular weight excluding hydrogens is 295 g/mol. The van der Waals surface area contributed by atoms with Gasteiger partial charge in [0.05, 0.1) is 13.5 Å². The fourth-order valence-electron chi connectivity index (χ4n) is 0.841. The van der Waals surface area contributed by atoms with Gasteiger partial charge in [-0.1, -0.05) is 28.1 Å². The van der Waals surface area contributed by atoms with Crippen molar-refractivity contribution in [3.8, 4) is 0 Å². The van der Waals surface area contributed by atoms with E-state index >= 15 is 0 Å². The number of carbonyl (C=O) groups excluding carboxylic acids is 2.